The van der Waals surface area contributed by atoms with Gasteiger partial charge >= 0.3 is 0 Å². The number of carbonyl (C=O) groups excluding carboxylic acids is 1. The van der Waals surface area contributed by atoms with Crippen molar-refractivity contribution in [2.45, 2.75) is 53.9 Å². The van der Waals surface area contributed by atoms with E-state index in [-0.39, 0.29) is 5.91 Å². The molecule has 0 unspecified atom stereocenters. The van der Waals surface area contributed by atoms with Gasteiger partial charge in [0, 0.05) is 17.0 Å². The number of fused-ring (bicyclic) bond motifs is 1. The minimum atomic E-state index is -0.155. The molecule has 164 valence electrons. The Balaban J connectivity index is 1.82. The Morgan fingerprint density at radius 1 is 1.23 bits per heavy atom. The number of hydrogen-bond donors (Lipinski definition) is 2. The van der Waals surface area contributed by atoms with Crippen LogP contribution in [0.4, 0.5) is 10.8 Å². The van der Waals surface area contributed by atoms with Crippen LogP contribution in [0.3, 0.4) is 0 Å². The summed E-state index contributed by atoms with van der Waals surface area (Å²) in [5.41, 5.74) is 8.32. The van der Waals surface area contributed by atoms with E-state index in [2.05, 4.69) is 34.7 Å². The molecule has 7 heteroatoms. The number of carbonyl (C=O) groups is 1. The highest BCUT2D eigenvalue weighted by molar-refractivity contribution is 7.22. The first-order valence-corrected chi connectivity index (χ1v) is 11.5. The number of unbranched alkanes of at least 4 members (excludes halogenated alkanes) is 1. The van der Waals surface area contributed by atoms with Crippen LogP contribution in [0.25, 0.3) is 10.2 Å². The third kappa shape index (κ3) is 5.61. The molecule has 3 aromatic rings. The molecule has 6 nitrogen and oxygen atoms in total. The van der Waals surface area contributed by atoms with Crippen molar-refractivity contribution in [2.24, 2.45) is 5.10 Å². The molecule has 0 aliphatic rings. The molecule has 1 heterocycles. The monoisotopic (exact) mass is 438 g/mol. The highest BCUT2D eigenvalue weighted by atomic mass is 32.1. The Hall–Kier alpha value is -2.93. The lowest BCUT2D eigenvalue weighted by atomic mass is 10.1. The minimum absolute atomic E-state index is 0.155. The maximum absolute atomic E-state index is 12.9. The van der Waals surface area contributed by atoms with E-state index < -0.39 is 0 Å². The van der Waals surface area contributed by atoms with Gasteiger partial charge < -0.3 is 10.1 Å². The third-order valence-corrected chi connectivity index (χ3v) is 6.17. The van der Waals surface area contributed by atoms with Gasteiger partial charge in [0.2, 0.25) is 5.13 Å². The molecule has 0 fully saturated rings. The van der Waals surface area contributed by atoms with E-state index in [4.69, 9.17) is 4.74 Å². The number of aromatic nitrogens is 1. The minimum Gasteiger partial charge on any atom is -0.494 e. The van der Waals surface area contributed by atoms with E-state index in [9.17, 15) is 4.79 Å². The van der Waals surface area contributed by atoms with E-state index in [1.165, 1.54) is 11.3 Å². The van der Waals surface area contributed by atoms with Crippen molar-refractivity contribution < 1.29 is 9.53 Å². The van der Waals surface area contributed by atoms with Crippen molar-refractivity contribution in [3.05, 3.63) is 47.0 Å². The average Bonchev–Trinajstić information content (AvgIpc) is 3.18. The second-order valence-electron chi connectivity index (χ2n) is 7.56. The molecule has 0 atom stereocenters. The van der Waals surface area contributed by atoms with Crippen molar-refractivity contribution in [1.82, 2.24) is 4.98 Å². The van der Waals surface area contributed by atoms with Gasteiger partial charge in [-0.25, -0.2) is 4.98 Å². The van der Waals surface area contributed by atoms with Crippen LogP contribution >= 0.6 is 11.3 Å². The molecule has 31 heavy (non-hydrogen) atoms. The Bertz CT molecular complexity index is 1100. The Kier molecular flexibility index (Phi) is 7.63. The fraction of sp³-hybridized carbons (Fsp3) is 0.375. The molecular formula is C24H30N4O2S. The summed E-state index contributed by atoms with van der Waals surface area (Å²) in [6.45, 7) is 10.8. The first-order valence-electron chi connectivity index (χ1n) is 10.7. The Labute approximate surface area is 187 Å². The van der Waals surface area contributed by atoms with Crippen LogP contribution in [0.1, 0.15) is 61.5 Å². The van der Waals surface area contributed by atoms with Crippen molar-refractivity contribution in [2.75, 3.05) is 17.3 Å². The van der Waals surface area contributed by atoms with Gasteiger partial charge in [-0.2, -0.15) is 5.10 Å². The van der Waals surface area contributed by atoms with Crippen molar-refractivity contribution >= 4 is 44.0 Å². The van der Waals surface area contributed by atoms with Crippen molar-refractivity contribution in [3.8, 4) is 5.75 Å². The standard InChI is InChI=1S/C24H30N4O2S/c1-6-8-12-30-19-11-9-10-18(14-19)23(29)26-21-15(3)13-20-22(17(21)5)31-24(25-20)28-27-16(4)7-2/h9-11,13-14H,6-8,12H2,1-5H3,(H,25,28)(H,26,29)/b27-16-. The maximum atomic E-state index is 12.9. The van der Waals surface area contributed by atoms with Crippen LogP contribution in [0.2, 0.25) is 0 Å². The van der Waals surface area contributed by atoms with Crippen LogP contribution < -0.4 is 15.5 Å². The summed E-state index contributed by atoms with van der Waals surface area (Å²) in [4.78, 5) is 17.6. The third-order valence-electron chi connectivity index (χ3n) is 5.07. The van der Waals surface area contributed by atoms with Gasteiger partial charge in [0.1, 0.15) is 5.75 Å². The summed E-state index contributed by atoms with van der Waals surface area (Å²) in [6.07, 6.45) is 2.95. The van der Waals surface area contributed by atoms with Crippen LogP contribution in [0, 0.1) is 13.8 Å². The normalized spacial score (nSPS) is 11.6. The predicted molar refractivity (Wildman–Crippen MR) is 131 cm³/mol. The lowest BCUT2D eigenvalue weighted by Gasteiger charge is -2.13. The number of nitrogens with one attached hydrogen (secondary N) is 2. The maximum Gasteiger partial charge on any atom is 0.255 e. The van der Waals surface area contributed by atoms with Gasteiger partial charge in [-0.15, -0.1) is 0 Å². The Morgan fingerprint density at radius 2 is 2.03 bits per heavy atom. The molecule has 0 aliphatic heterocycles. The lowest BCUT2D eigenvalue weighted by Crippen LogP contribution is -2.14. The lowest BCUT2D eigenvalue weighted by molar-refractivity contribution is 0.102. The summed E-state index contributed by atoms with van der Waals surface area (Å²) >= 11 is 1.54. The number of amides is 1. The van der Waals surface area contributed by atoms with E-state index in [0.29, 0.717) is 17.9 Å². The zero-order chi connectivity index (χ0) is 22.4. The summed E-state index contributed by atoms with van der Waals surface area (Å²) in [6, 6.07) is 9.31. The van der Waals surface area contributed by atoms with E-state index in [1.54, 1.807) is 12.1 Å². The molecule has 0 radical (unpaired) electrons. The number of hydrogen-bond acceptors (Lipinski definition) is 6. The molecule has 0 saturated carbocycles. The number of ether oxygens (including phenoxy) is 1. The summed E-state index contributed by atoms with van der Waals surface area (Å²) in [5.74, 6) is 0.559. The van der Waals surface area contributed by atoms with Crippen LogP contribution in [-0.4, -0.2) is 23.2 Å². The number of rotatable bonds is 9. The van der Waals surface area contributed by atoms with E-state index in [0.717, 1.165) is 57.1 Å². The van der Waals surface area contributed by atoms with Crippen molar-refractivity contribution in [3.63, 3.8) is 0 Å². The fourth-order valence-electron chi connectivity index (χ4n) is 3.09. The van der Waals surface area contributed by atoms with Crippen LogP contribution in [0.15, 0.2) is 35.4 Å². The second kappa shape index (κ2) is 10.4. The SMILES string of the molecule is CCCCOc1cccc(C(=O)Nc2c(C)cc3nc(N/N=C(/C)CC)sc3c2C)c1. The predicted octanol–water partition coefficient (Wildman–Crippen LogP) is 6.54. The van der Waals surface area contributed by atoms with Crippen LogP contribution in [-0.2, 0) is 0 Å². The van der Waals surface area contributed by atoms with Gasteiger partial charge in [0.15, 0.2) is 0 Å². The molecular weight excluding hydrogens is 408 g/mol. The zero-order valence-corrected chi connectivity index (χ0v) is 19.7. The molecule has 3 rings (SSSR count). The topological polar surface area (TPSA) is 75.6 Å². The van der Waals surface area contributed by atoms with Crippen LogP contribution in [0.5, 0.6) is 5.75 Å². The molecule has 2 N–H and O–H groups in total. The highest BCUT2D eigenvalue weighted by Gasteiger charge is 2.16. The second-order valence-corrected chi connectivity index (χ2v) is 8.56. The van der Waals surface area contributed by atoms with Crippen molar-refractivity contribution in [1.29, 1.82) is 0 Å². The van der Waals surface area contributed by atoms with Gasteiger partial charge in [-0.3, -0.25) is 10.2 Å². The summed E-state index contributed by atoms with van der Waals surface area (Å²) < 4.78 is 6.77. The summed E-state index contributed by atoms with van der Waals surface area (Å²) in [5, 5.41) is 8.17. The first kappa shape index (κ1) is 22.7. The Morgan fingerprint density at radius 3 is 2.77 bits per heavy atom. The largest absolute Gasteiger partial charge is 0.494 e. The number of anilines is 2. The number of hydrazone groups is 1. The van der Waals surface area contributed by atoms with Gasteiger partial charge in [0.05, 0.1) is 16.8 Å². The van der Waals surface area contributed by atoms with Gasteiger partial charge in [-0.1, -0.05) is 37.7 Å². The number of benzene rings is 2. The first-order chi connectivity index (χ1) is 14.9. The molecule has 0 aliphatic carbocycles. The number of thiazole rings is 1. The van der Waals surface area contributed by atoms with Gasteiger partial charge in [0.25, 0.3) is 5.91 Å². The van der Waals surface area contributed by atoms with Gasteiger partial charge in [-0.05, 0) is 69.0 Å². The quantitative estimate of drug-likeness (QED) is 0.226. The molecule has 1 aromatic heterocycles. The number of nitrogens with zero attached hydrogens (tertiary/aromatic N) is 2. The molecule has 2 aromatic carbocycles. The molecule has 0 spiro atoms. The fourth-order valence-corrected chi connectivity index (χ4v) is 3.99. The summed E-state index contributed by atoms with van der Waals surface area (Å²) in [7, 11) is 0. The smallest absolute Gasteiger partial charge is 0.255 e. The van der Waals surface area contributed by atoms with E-state index in [1.807, 2.05) is 39.0 Å². The number of aryl methyl sites for hydroxylation is 2. The average molecular weight is 439 g/mol. The zero-order valence-electron chi connectivity index (χ0n) is 18.8. The molecule has 1 amide bonds. The molecule has 0 saturated heterocycles. The molecule has 0 bridgehead atoms. The highest BCUT2D eigenvalue weighted by Crippen LogP contribution is 2.35. The van der Waals surface area contributed by atoms with E-state index >= 15 is 0 Å².